The van der Waals surface area contributed by atoms with Crippen molar-refractivity contribution in [3.63, 3.8) is 0 Å². The molecular formula is C13H17FN2. The molecule has 0 saturated carbocycles. The summed E-state index contributed by atoms with van der Waals surface area (Å²) >= 11 is 0. The smallest absolute Gasteiger partial charge is 0.141 e. The van der Waals surface area contributed by atoms with Crippen LogP contribution >= 0.6 is 0 Å². The van der Waals surface area contributed by atoms with Crippen LogP contribution in [0.3, 0.4) is 0 Å². The van der Waals surface area contributed by atoms with Crippen LogP contribution in [0.5, 0.6) is 0 Å². The number of hydrogen-bond acceptors (Lipinski definition) is 2. The van der Waals surface area contributed by atoms with E-state index in [0.717, 1.165) is 18.5 Å². The van der Waals surface area contributed by atoms with E-state index in [4.69, 9.17) is 0 Å². The number of rotatable bonds is 3. The number of nitrogens with zero attached hydrogens (tertiary/aromatic N) is 1. The Morgan fingerprint density at radius 3 is 2.81 bits per heavy atom. The van der Waals surface area contributed by atoms with E-state index in [-0.39, 0.29) is 11.9 Å². The molecule has 0 fully saturated rings. The molecule has 1 N–H and O–H groups in total. The molecule has 0 amide bonds. The lowest BCUT2D eigenvalue weighted by Gasteiger charge is -2.22. The molecule has 0 aliphatic heterocycles. The van der Waals surface area contributed by atoms with Crippen molar-refractivity contribution < 1.29 is 4.39 Å². The fraction of sp³-hybridized carbons (Fsp3) is 0.462. The highest BCUT2D eigenvalue weighted by Gasteiger charge is 2.17. The molecule has 16 heavy (non-hydrogen) atoms. The lowest BCUT2D eigenvalue weighted by atomic mass is 9.92. The fourth-order valence-electron chi connectivity index (χ4n) is 2.21. The predicted molar refractivity (Wildman–Crippen MR) is 62.5 cm³/mol. The first-order valence-corrected chi connectivity index (χ1v) is 5.79. The highest BCUT2D eigenvalue weighted by atomic mass is 19.1. The summed E-state index contributed by atoms with van der Waals surface area (Å²) in [6.45, 7) is 0. The minimum Gasteiger partial charge on any atom is -0.308 e. The first kappa shape index (κ1) is 11.3. The second kappa shape index (κ2) is 5.21. The zero-order valence-corrected chi connectivity index (χ0v) is 9.54. The molecular weight excluding hydrogens is 203 g/mol. The topological polar surface area (TPSA) is 24.9 Å². The molecule has 1 unspecified atom stereocenters. The molecule has 0 bridgehead atoms. The quantitative estimate of drug-likeness (QED) is 0.792. The third-order valence-electron chi connectivity index (χ3n) is 3.03. The van der Waals surface area contributed by atoms with Crippen molar-refractivity contribution in [1.82, 2.24) is 10.3 Å². The van der Waals surface area contributed by atoms with Gasteiger partial charge in [-0.3, -0.25) is 4.98 Å². The average molecular weight is 220 g/mol. The van der Waals surface area contributed by atoms with E-state index in [1.54, 1.807) is 6.07 Å². The van der Waals surface area contributed by atoms with Gasteiger partial charge in [0.1, 0.15) is 5.82 Å². The highest BCUT2D eigenvalue weighted by molar-refractivity contribution is 5.23. The molecule has 1 atom stereocenters. The zero-order valence-electron chi connectivity index (χ0n) is 9.54. The van der Waals surface area contributed by atoms with E-state index in [1.807, 2.05) is 7.05 Å². The second-order valence-corrected chi connectivity index (χ2v) is 4.15. The van der Waals surface area contributed by atoms with Gasteiger partial charge in [0, 0.05) is 0 Å². The Labute approximate surface area is 95.6 Å². The summed E-state index contributed by atoms with van der Waals surface area (Å²) in [5.74, 6) is -0.281. The summed E-state index contributed by atoms with van der Waals surface area (Å²) in [7, 11) is 1.92. The number of likely N-dealkylation sites (N-methyl/N-ethyl adjacent to an activating group) is 1. The Morgan fingerprint density at radius 1 is 1.38 bits per heavy atom. The molecule has 1 aliphatic rings. The minimum absolute atomic E-state index is 0.140. The van der Waals surface area contributed by atoms with Gasteiger partial charge in [0.2, 0.25) is 0 Å². The molecule has 0 saturated heterocycles. The maximum Gasteiger partial charge on any atom is 0.141 e. The molecule has 2 rings (SSSR count). The lowest BCUT2D eigenvalue weighted by molar-refractivity contribution is 0.574. The summed E-state index contributed by atoms with van der Waals surface area (Å²) in [6.07, 6.45) is 8.35. The molecule has 2 nitrogen and oxygen atoms in total. The number of hydrogen-bond donors (Lipinski definition) is 1. The molecule has 1 aromatic rings. The van der Waals surface area contributed by atoms with Crippen molar-refractivity contribution in [2.45, 2.75) is 31.7 Å². The van der Waals surface area contributed by atoms with Gasteiger partial charge < -0.3 is 5.32 Å². The SMILES string of the molecule is CNC(C1=CCCCC1)c1ccc(F)cn1. The Bertz CT molecular complexity index is 370. The van der Waals surface area contributed by atoms with Gasteiger partial charge in [0.25, 0.3) is 0 Å². The van der Waals surface area contributed by atoms with Crippen molar-refractivity contribution in [3.05, 3.63) is 41.5 Å². The van der Waals surface area contributed by atoms with Crippen LogP contribution < -0.4 is 5.32 Å². The maximum absolute atomic E-state index is 12.8. The van der Waals surface area contributed by atoms with Crippen LogP contribution in [0.2, 0.25) is 0 Å². The third-order valence-corrected chi connectivity index (χ3v) is 3.03. The van der Waals surface area contributed by atoms with Crippen LogP contribution in [0.4, 0.5) is 4.39 Å². The van der Waals surface area contributed by atoms with Gasteiger partial charge in [-0.25, -0.2) is 4.39 Å². The Hall–Kier alpha value is -1.22. The van der Waals surface area contributed by atoms with Gasteiger partial charge in [-0.1, -0.05) is 11.6 Å². The maximum atomic E-state index is 12.8. The van der Waals surface area contributed by atoms with Crippen LogP contribution in [0.1, 0.15) is 37.4 Å². The largest absolute Gasteiger partial charge is 0.308 e. The molecule has 0 aromatic carbocycles. The Balaban J connectivity index is 2.21. The first-order chi connectivity index (χ1) is 7.81. The molecule has 0 spiro atoms. The van der Waals surface area contributed by atoms with E-state index in [0.29, 0.717) is 0 Å². The van der Waals surface area contributed by atoms with Crippen molar-refractivity contribution >= 4 is 0 Å². The van der Waals surface area contributed by atoms with Gasteiger partial charge in [-0.15, -0.1) is 0 Å². The van der Waals surface area contributed by atoms with Crippen LogP contribution in [0.15, 0.2) is 30.0 Å². The summed E-state index contributed by atoms with van der Waals surface area (Å²) < 4.78 is 12.8. The zero-order chi connectivity index (χ0) is 11.4. The number of aromatic nitrogens is 1. The van der Waals surface area contributed by atoms with Crippen molar-refractivity contribution in [2.24, 2.45) is 0 Å². The second-order valence-electron chi connectivity index (χ2n) is 4.15. The Kier molecular flexibility index (Phi) is 3.67. The highest BCUT2D eigenvalue weighted by Crippen LogP contribution is 2.28. The van der Waals surface area contributed by atoms with Gasteiger partial charge in [0.15, 0.2) is 0 Å². The van der Waals surface area contributed by atoms with Crippen molar-refractivity contribution in [1.29, 1.82) is 0 Å². The average Bonchev–Trinajstić information content (AvgIpc) is 2.34. The minimum atomic E-state index is -0.281. The normalized spacial score (nSPS) is 18.0. The van der Waals surface area contributed by atoms with E-state index >= 15 is 0 Å². The van der Waals surface area contributed by atoms with Gasteiger partial charge in [-0.05, 0) is 44.9 Å². The number of allylic oxidation sites excluding steroid dienone is 1. The van der Waals surface area contributed by atoms with Crippen LogP contribution in [-0.4, -0.2) is 12.0 Å². The first-order valence-electron chi connectivity index (χ1n) is 5.79. The predicted octanol–water partition coefficient (Wildman–Crippen LogP) is 2.98. The number of nitrogens with one attached hydrogen (secondary N) is 1. The molecule has 0 radical (unpaired) electrons. The number of halogens is 1. The van der Waals surface area contributed by atoms with E-state index in [1.165, 1.54) is 30.7 Å². The van der Waals surface area contributed by atoms with Gasteiger partial charge >= 0.3 is 0 Å². The van der Waals surface area contributed by atoms with E-state index < -0.39 is 0 Å². The Morgan fingerprint density at radius 2 is 2.25 bits per heavy atom. The summed E-state index contributed by atoms with van der Waals surface area (Å²) in [5, 5.41) is 3.25. The summed E-state index contributed by atoms with van der Waals surface area (Å²) in [4.78, 5) is 4.15. The summed E-state index contributed by atoms with van der Waals surface area (Å²) in [6, 6.07) is 3.36. The van der Waals surface area contributed by atoms with Crippen LogP contribution in [0.25, 0.3) is 0 Å². The standard InChI is InChI=1S/C13H17FN2/c1-15-13(10-5-3-2-4-6-10)12-8-7-11(14)9-16-12/h5,7-9,13,15H,2-4,6H2,1H3. The molecule has 1 heterocycles. The monoisotopic (exact) mass is 220 g/mol. The van der Waals surface area contributed by atoms with Crippen molar-refractivity contribution in [2.75, 3.05) is 7.05 Å². The van der Waals surface area contributed by atoms with E-state index in [9.17, 15) is 4.39 Å². The lowest BCUT2D eigenvalue weighted by Crippen LogP contribution is -2.21. The summed E-state index contributed by atoms with van der Waals surface area (Å²) in [5.41, 5.74) is 2.28. The van der Waals surface area contributed by atoms with E-state index in [2.05, 4.69) is 16.4 Å². The number of pyridine rings is 1. The van der Waals surface area contributed by atoms with Gasteiger partial charge in [-0.2, -0.15) is 0 Å². The fourth-order valence-corrected chi connectivity index (χ4v) is 2.21. The molecule has 1 aromatic heterocycles. The van der Waals surface area contributed by atoms with Crippen LogP contribution in [-0.2, 0) is 0 Å². The molecule has 86 valence electrons. The van der Waals surface area contributed by atoms with Gasteiger partial charge in [0.05, 0.1) is 17.9 Å². The van der Waals surface area contributed by atoms with Crippen molar-refractivity contribution in [3.8, 4) is 0 Å². The molecule has 3 heteroatoms. The van der Waals surface area contributed by atoms with Crippen LogP contribution in [0, 0.1) is 5.82 Å². The third kappa shape index (κ3) is 2.47. The molecule has 1 aliphatic carbocycles.